The van der Waals surface area contributed by atoms with Gasteiger partial charge in [0.05, 0.1) is 24.1 Å². The van der Waals surface area contributed by atoms with E-state index < -0.39 is 5.41 Å². The van der Waals surface area contributed by atoms with Gasteiger partial charge in [-0.2, -0.15) is 0 Å². The largest absolute Gasteiger partial charge is 0.347 e. The van der Waals surface area contributed by atoms with Gasteiger partial charge in [-0.05, 0) is 18.2 Å². The van der Waals surface area contributed by atoms with E-state index in [0.29, 0.717) is 16.9 Å². The molecule has 0 aliphatic rings. The van der Waals surface area contributed by atoms with Gasteiger partial charge in [-0.1, -0.05) is 20.8 Å². The van der Waals surface area contributed by atoms with Crippen LogP contribution in [0.1, 0.15) is 26.6 Å². The van der Waals surface area contributed by atoms with E-state index in [1.165, 1.54) is 12.1 Å². The Kier molecular flexibility index (Phi) is 4.44. The van der Waals surface area contributed by atoms with Crippen LogP contribution in [0.15, 0.2) is 18.2 Å². The van der Waals surface area contributed by atoms with Crippen LogP contribution in [-0.4, -0.2) is 28.3 Å². The summed E-state index contributed by atoms with van der Waals surface area (Å²) >= 11 is 0. The molecular formula is C15H19FN4O2. The van der Waals surface area contributed by atoms with E-state index in [2.05, 4.69) is 20.6 Å². The molecule has 0 fully saturated rings. The Labute approximate surface area is 127 Å². The van der Waals surface area contributed by atoms with Crippen LogP contribution in [-0.2, 0) is 16.1 Å². The van der Waals surface area contributed by atoms with E-state index >= 15 is 0 Å². The number of rotatable bonds is 4. The number of aromatic nitrogens is 2. The molecule has 0 radical (unpaired) electrons. The molecule has 22 heavy (non-hydrogen) atoms. The van der Waals surface area contributed by atoms with Crippen molar-refractivity contribution >= 4 is 22.8 Å². The highest BCUT2D eigenvalue weighted by Gasteiger charge is 2.21. The lowest BCUT2D eigenvalue weighted by Gasteiger charge is -2.17. The smallest absolute Gasteiger partial charge is 0.239 e. The standard InChI is InChI=1S/C15H19FN4O2/c1-15(2,3)14(22)18-8-13(21)17-7-12-19-10-5-4-9(16)6-11(10)20-12/h4-6H,7-8H2,1-3H3,(H,17,21)(H,18,22)(H,19,20). The van der Waals surface area contributed by atoms with Gasteiger partial charge in [0.1, 0.15) is 11.6 Å². The topological polar surface area (TPSA) is 86.9 Å². The van der Waals surface area contributed by atoms with Crippen molar-refractivity contribution in [3.05, 3.63) is 29.8 Å². The highest BCUT2D eigenvalue weighted by Crippen LogP contribution is 2.13. The quantitative estimate of drug-likeness (QED) is 0.799. The molecule has 1 aromatic carbocycles. The summed E-state index contributed by atoms with van der Waals surface area (Å²) in [5.74, 6) is -0.334. The SMILES string of the molecule is CC(C)(C)C(=O)NCC(=O)NCc1nc2ccc(F)cc2[nH]1. The molecule has 0 saturated carbocycles. The molecule has 0 saturated heterocycles. The van der Waals surface area contributed by atoms with Crippen molar-refractivity contribution in [2.24, 2.45) is 5.41 Å². The Bertz CT molecular complexity index is 703. The Balaban J connectivity index is 1.86. The maximum absolute atomic E-state index is 13.1. The Hall–Kier alpha value is -2.44. The number of imidazole rings is 1. The fourth-order valence-corrected chi connectivity index (χ4v) is 1.79. The van der Waals surface area contributed by atoms with Gasteiger partial charge in [0.25, 0.3) is 0 Å². The third-order valence-electron chi connectivity index (χ3n) is 3.04. The van der Waals surface area contributed by atoms with Crippen LogP contribution in [0.2, 0.25) is 0 Å². The fourth-order valence-electron chi connectivity index (χ4n) is 1.79. The third kappa shape index (κ3) is 4.03. The monoisotopic (exact) mass is 306 g/mol. The normalized spacial score (nSPS) is 11.5. The number of hydrogen-bond donors (Lipinski definition) is 3. The first-order valence-corrected chi connectivity index (χ1v) is 6.95. The van der Waals surface area contributed by atoms with Gasteiger partial charge < -0.3 is 15.6 Å². The molecule has 0 bridgehead atoms. The Morgan fingerprint density at radius 3 is 2.68 bits per heavy atom. The molecule has 118 valence electrons. The van der Waals surface area contributed by atoms with Crippen LogP contribution >= 0.6 is 0 Å². The van der Waals surface area contributed by atoms with Crippen molar-refractivity contribution in [2.75, 3.05) is 6.54 Å². The fraction of sp³-hybridized carbons (Fsp3) is 0.400. The summed E-state index contributed by atoms with van der Waals surface area (Å²) in [4.78, 5) is 30.5. The molecule has 1 aromatic heterocycles. The zero-order valence-corrected chi connectivity index (χ0v) is 12.8. The lowest BCUT2D eigenvalue weighted by Crippen LogP contribution is -2.41. The van der Waals surface area contributed by atoms with Crippen molar-refractivity contribution < 1.29 is 14.0 Å². The van der Waals surface area contributed by atoms with Gasteiger partial charge in [0.15, 0.2) is 0 Å². The predicted molar refractivity (Wildman–Crippen MR) is 80.4 cm³/mol. The molecule has 2 amide bonds. The number of amides is 2. The van der Waals surface area contributed by atoms with E-state index in [9.17, 15) is 14.0 Å². The predicted octanol–water partition coefficient (Wildman–Crippen LogP) is 1.48. The molecule has 0 aliphatic carbocycles. The average molecular weight is 306 g/mol. The van der Waals surface area contributed by atoms with Gasteiger partial charge in [-0.15, -0.1) is 0 Å². The van der Waals surface area contributed by atoms with Crippen molar-refractivity contribution in [2.45, 2.75) is 27.3 Å². The van der Waals surface area contributed by atoms with Crippen molar-refractivity contribution in [3.63, 3.8) is 0 Å². The number of halogens is 1. The minimum Gasteiger partial charge on any atom is -0.347 e. The minimum absolute atomic E-state index is 0.0923. The molecular weight excluding hydrogens is 287 g/mol. The summed E-state index contributed by atoms with van der Waals surface area (Å²) in [6.07, 6.45) is 0. The van der Waals surface area contributed by atoms with Crippen molar-refractivity contribution in [3.8, 4) is 0 Å². The van der Waals surface area contributed by atoms with Gasteiger partial charge in [0, 0.05) is 5.41 Å². The molecule has 7 heteroatoms. The molecule has 2 aromatic rings. The molecule has 3 N–H and O–H groups in total. The van der Waals surface area contributed by atoms with Gasteiger partial charge >= 0.3 is 0 Å². The van der Waals surface area contributed by atoms with E-state index in [0.717, 1.165) is 0 Å². The summed E-state index contributed by atoms with van der Waals surface area (Å²) in [5.41, 5.74) is 0.667. The molecule has 0 unspecified atom stereocenters. The van der Waals surface area contributed by atoms with Crippen LogP contribution < -0.4 is 10.6 Å². The van der Waals surface area contributed by atoms with Crippen LogP contribution in [0.4, 0.5) is 4.39 Å². The van der Waals surface area contributed by atoms with Crippen molar-refractivity contribution in [1.82, 2.24) is 20.6 Å². The first-order valence-electron chi connectivity index (χ1n) is 6.95. The number of fused-ring (bicyclic) bond motifs is 1. The zero-order chi connectivity index (χ0) is 16.3. The van der Waals surface area contributed by atoms with Crippen LogP contribution in [0.25, 0.3) is 11.0 Å². The zero-order valence-electron chi connectivity index (χ0n) is 12.8. The number of H-pyrrole nitrogens is 1. The van der Waals surface area contributed by atoms with Gasteiger partial charge in [-0.25, -0.2) is 9.37 Å². The first-order chi connectivity index (χ1) is 10.3. The highest BCUT2D eigenvalue weighted by molar-refractivity contribution is 5.87. The second-order valence-electron chi connectivity index (χ2n) is 6.05. The molecule has 6 nitrogen and oxygen atoms in total. The lowest BCUT2D eigenvalue weighted by molar-refractivity contribution is -0.131. The van der Waals surface area contributed by atoms with E-state index in [-0.39, 0.29) is 30.7 Å². The van der Waals surface area contributed by atoms with E-state index in [1.807, 2.05) is 0 Å². The molecule has 0 spiro atoms. The number of carbonyl (C=O) groups excluding carboxylic acids is 2. The van der Waals surface area contributed by atoms with Crippen LogP contribution in [0.5, 0.6) is 0 Å². The van der Waals surface area contributed by atoms with Crippen LogP contribution in [0, 0.1) is 11.2 Å². The minimum atomic E-state index is -0.539. The number of carbonyl (C=O) groups is 2. The first kappa shape index (κ1) is 15.9. The van der Waals surface area contributed by atoms with Gasteiger partial charge in [0.2, 0.25) is 11.8 Å². The average Bonchev–Trinajstić information content (AvgIpc) is 2.83. The van der Waals surface area contributed by atoms with Crippen molar-refractivity contribution in [1.29, 1.82) is 0 Å². The summed E-state index contributed by atoms with van der Waals surface area (Å²) in [6, 6.07) is 4.24. The third-order valence-corrected chi connectivity index (χ3v) is 3.04. The summed E-state index contributed by atoms with van der Waals surface area (Å²) in [7, 11) is 0. The number of benzene rings is 1. The highest BCUT2D eigenvalue weighted by atomic mass is 19.1. The van der Waals surface area contributed by atoms with Crippen LogP contribution in [0.3, 0.4) is 0 Å². The van der Waals surface area contributed by atoms with Gasteiger partial charge in [-0.3, -0.25) is 9.59 Å². The Morgan fingerprint density at radius 1 is 1.27 bits per heavy atom. The molecule has 1 heterocycles. The number of nitrogens with one attached hydrogen (secondary N) is 3. The summed E-state index contributed by atoms with van der Waals surface area (Å²) in [6.45, 7) is 5.40. The maximum Gasteiger partial charge on any atom is 0.239 e. The second-order valence-corrected chi connectivity index (χ2v) is 6.05. The number of nitrogens with zero attached hydrogens (tertiary/aromatic N) is 1. The second kappa shape index (κ2) is 6.13. The molecule has 2 rings (SSSR count). The lowest BCUT2D eigenvalue weighted by atomic mass is 9.96. The van der Waals surface area contributed by atoms with E-state index in [1.54, 1.807) is 26.8 Å². The number of hydrogen-bond acceptors (Lipinski definition) is 3. The summed E-state index contributed by atoms with van der Waals surface area (Å²) in [5, 5.41) is 5.20. The van der Waals surface area contributed by atoms with E-state index in [4.69, 9.17) is 0 Å². The molecule has 0 atom stereocenters. The molecule has 0 aliphatic heterocycles. The maximum atomic E-state index is 13.1. The number of aromatic amines is 1. The summed E-state index contributed by atoms with van der Waals surface area (Å²) < 4.78 is 13.1. The Morgan fingerprint density at radius 2 is 2.00 bits per heavy atom.